The van der Waals surface area contributed by atoms with Crippen molar-refractivity contribution in [2.75, 3.05) is 10.0 Å². The molecule has 25 heavy (non-hydrogen) atoms. The zero-order valence-electron chi connectivity index (χ0n) is 13.6. The molecule has 5 nitrogen and oxygen atoms in total. The zero-order chi connectivity index (χ0) is 18.7. The van der Waals surface area contributed by atoms with Crippen LogP contribution in [0.25, 0.3) is 0 Å². The molecule has 0 fully saturated rings. The minimum atomic E-state index is -4.41. The Bertz CT molecular complexity index is 802. The number of pyridine rings is 1. The van der Waals surface area contributed by atoms with Gasteiger partial charge in [0.2, 0.25) is 10.0 Å². The van der Waals surface area contributed by atoms with E-state index in [9.17, 15) is 21.6 Å². The molecular formula is C16H18F3N3O2S. The Morgan fingerprint density at radius 2 is 1.72 bits per heavy atom. The maximum Gasteiger partial charge on any atom is 0.417 e. The molecule has 0 amide bonds. The minimum Gasteiger partial charge on any atom is -0.366 e. The fourth-order valence-corrected chi connectivity index (χ4v) is 2.53. The van der Waals surface area contributed by atoms with E-state index in [1.807, 2.05) is 0 Å². The van der Waals surface area contributed by atoms with Crippen molar-refractivity contribution in [2.24, 2.45) is 0 Å². The van der Waals surface area contributed by atoms with Crippen molar-refractivity contribution >= 4 is 21.5 Å². The normalized spacial score (nSPS) is 12.2. The number of benzene rings is 1. The highest BCUT2D eigenvalue weighted by molar-refractivity contribution is 7.93. The standard InChI is InChI=1S/C16H18F3N3O2S/c1-11(2)25(23,24)22-14-6-3-12(4-7-14)9-20-15-8-5-13(10-21-15)16(17,18)19/h3-8,10-11,22H,9H2,1-2H3,(H,20,21). The van der Waals surface area contributed by atoms with Crippen molar-refractivity contribution in [2.45, 2.75) is 31.8 Å². The van der Waals surface area contributed by atoms with Gasteiger partial charge in [-0.3, -0.25) is 4.72 Å². The molecule has 2 N–H and O–H groups in total. The molecule has 1 aromatic carbocycles. The Morgan fingerprint density at radius 3 is 2.20 bits per heavy atom. The number of rotatable bonds is 6. The van der Waals surface area contributed by atoms with Crippen LogP contribution in [0.3, 0.4) is 0 Å². The SMILES string of the molecule is CC(C)S(=O)(=O)Nc1ccc(CNc2ccc(C(F)(F)F)cn2)cc1. The van der Waals surface area contributed by atoms with E-state index in [-0.39, 0.29) is 0 Å². The molecule has 2 rings (SSSR count). The van der Waals surface area contributed by atoms with Gasteiger partial charge in [0.1, 0.15) is 5.82 Å². The molecule has 0 spiro atoms. The number of nitrogens with zero attached hydrogens (tertiary/aromatic N) is 1. The Morgan fingerprint density at radius 1 is 1.08 bits per heavy atom. The van der Waals surface area contributed by atoms with E-state index in [1.165, 1.54) is 6.07 Å². The van der Waals surface area contributed by atoms with Gasteiger partial charge in [-0.2, -0.15) is 13.2 Å². The van der Waals surface area contributed by atoms with Crippen molar-refractivity contribution in [3.63, 3.8) is 0 Å². The lowest BCUT2D eigenvalue weighted by atomic mass is 10.2. The molecule has 0 saturated carbocycles. The monoisotopic (exact) mass is 373 g/mol. The lowest BCUT2D eigenvalue weighted by Crippen LogP contribution is -2.22. The van der Waals surface area contributed by atoms with E-state index in [1.54, 1.807) is 38.1 Å². The largest absolute Gasteiger partial charge is 0.417 e. The Hall–Kier alpha value is -2.29. The summed E-state index contributed by atoms with van der Waals surface area (Å²) in [5, 5.41) is 2.37. The fourth-order valence-electron chi connectivity index (χ4n) is 1.83. The van der Waals surface area contributed by atoms with Gasteiger partial charge in [-0.25, -0.2) is 13.4 Å². The van der Waals surface area contributed by atoms with Crippen LogP contribution >= 0.6 is 0 Å². The van der Waals surface area contributed by atoms with E-state index in [0.29, 0.717) is 18.1 Å². The highest BCUT2D eigenvalue weighted by Crippen LogP contribution is 2.28. The molecule has 1 aromatic heterocycles. The molecule has 1 heterocycles. The van der Waals surface area contributed by atoms with E-state index in [4.69, 9.17) is 0 Å². The van der Waals surface area contributed by atoms with E-state index in [0.717, 1.165) is 17.8 Å². The third-order valence-electron chi connectivity index (χ3n) is 3.40. The lowest BCUT2D eigenvalue weighted by molar-refractivity contribution is -0.137. The summed E-state index contributed by atoms with van der Waals surface area (Å²) < 4.78 is 63.4. The summed E-state index contributed by atoms with van der Waals surface area (Å²) in [5.41, 5.74) is 0.471. The van der Waals surface area contributed by atoms with Gasteiger partial charge >= 0.3 is 6.18 Å². The van der Waals surface area contributed by atoms with Crippen LogP contribution in [0.1, 0.15) is 25.0 Å². The lowest BCUT2D eigenvalue weighted by Gasteiger charge is -2.12. The predicted octanol–water partition coefficient (Wildman–Crippen LogP) is 3.86. The van der Waals surface area contributed by atoms with E-state index < -0.39 is 27.0 Å². The average Bonchev–Trinajstić information content (AvgIpc) is 2.53. The van der Waals surface area contributed by atoms with Crippen molar-refractivity contribution in [3.05, 3.63) is 53.7 Å². The molecule has 9 heteroatoms. The summed E-state index contributed by atoms with van der Waals surface area (Å²) in [4.78, 5) is 3.72. The summed E-state index contributed by atoms with van der Waals surface area (Å²) in [6.07, 6.45) is -3.64. The molecule has 0 aliphatic carbocycles. The molecule has 0 saturated heterocycles. The van der Waals surface area contributed by atoms with Crippen LogP contribution in [0.4, 0.5) is 24.7 Å². The summed E-state index contributed by atoms with van der Waals surface area (Å²) in [6, 6.07) is 8.89. The van der Waals surface area contributed by atoms with E-state index >= 15 is 0 Å². The predicted molar refractivity (Wildman–Crippen MR) is 90.7 cm³/mol. The van der Waals surface area contributed by atoms with Gasteiger partial charge in [0.15, 0.2) is 0 Å². The molecule has 136 valence electrons. The third-order valence-corrected chi connectivity index (χ3v) is 5.16. The molecule has 0 aliphatic heterocycles. The molecule has 0 atom stereocenters. The van der Waals surface area contributed by atoms with Crippen molar-refractivity contribution in [1.82, 2.24) is 4.98 Å². The summed E-state index contributed by atoms with van der Waals surface area (Å²) >= 11 is 0. The summed E-state index contributed by atoms with van der Waals surface area (Å²) in [7, 11) is -3.40. The van der Waals surface area contributed by atoms with Crippen molar-refractivity contribution in [1.29, 1.82) is 0 Å². The topological polar surface area (TPSA) is 71.1 Å². The Balaban J connectivity index is 1.96. The minimum absolute atomic E-state index is 0.317. The first-order valence-electron chi connectivity index (χ1n) is 7.45. The molecule has 2 aromatic rings. The maximum absolute atomic E-state index is 12.5. The molecule has 0 unspecified atom stereocenters. The molecular weight excluding hydrogens is 355 g/mol. The second-order valence-corrected chi connectivity index (χ2v) is 7.91. The average molecular weight is 373 g/mol. The smallest absolute Gasteiger partial charge is 0.366 e. The second kappa shape index (κ2) is 7.30. The number of halogens is 3. The van der Waals surface area contributed by atoms with Gasteiger partial charge in [0.25, 0.3) is 0 Å². The van der Waals surface area contributed by atoms with Crippen LogP contribution < -0.4 is 10.0 Å². The van der Waals surface area contributed by atoms with Crippen molar-refractivity contribution in [3.8, 4) is 0 Å². The summed E-state index contributed by atoms with van der Waals surface area (Å²) in [5.74, 6) is 0.317. The fraction of sp³-hybridized carbons (Fsp3) is 0.312. The van der Waals surface area contributed by atoms with Crippen molar-refractivity contribution < 1.29 is 21.6 Å². The number of alkyl halides is 3. The zero-order valence-corrected chi connectivity index (χ0v) is 14.4. The highest BCUT2D eigenvalue weighted by Gasteiger charge is 2.30. The van der Waals surface area contributed by atoms with Gasteiger partial charge in [-0.15, -0.1) is 0 Å². The highest BCUT2D eigenvalue weighted by atomic mass is 32.2. The summed E-state index contributed by atoms with van der Waals surface area (Å²) in [6.45, 7) is 3.50. The molecule has 0 bridgehead atoms. The Labute approximate surface area is 144 Å². The molecule has 0 aliphatic rings. The van der Waals surface area contributed by atoms with Crippen LogP contribution in [0.2, 0.25) is 0 Å². The van der Waals surface area contributed by atoms with Gasteiger partial charge in [-0.1, -0.05) is 12.1 Å². The van der Waals surface area contributed by atoms with Crippen LogP contribution in [-0.2, 0) is 22.7 Å². The van der Waals surface area contributed by atoms with Crippen LogP contribution in [0, 0.1) is 0 Å². The number of sulfonamides is 1. The number of anilines is 2. The van der Waals surface area contributed by atoms with Gasteiger partial charge < -0.3 is 5.32 Å². The first-order chi connectivity index (χ1) is 11.6. The quantitative estimate of drug-likeness (QED) is 0.807. The number of nitrogens with one attached hydrogen (secondary N) is 2. The van der Waals surface area contributed by atoms with Gasteiger partial charge in [-0.05, 0) is 43.7 Å². The number of aromatic nitrogens is 1. The van der Waals surface area contributed by atoms with E-state index in [2.05, 4.69) is 15.0 Å². The van der Waals surface area contributed by atoms with Crippen LogP contribution in [0.15, 0.2) is 42.6 Å². The third kappa shape index (κ3) is 5.35. The van der Waals surface area contributed by atoms with Crippen LogP contribution in [0.5, 0.6) is 0 Å². The first-order valence-corrected chi connectivity index (χ1v) is 9.00. The number of hydrogen-bond donors (Lipinski definition) is 2. The first kappa shape index (κ1) is 19.0. The van der Waals surface area contributed by atoms with Gasteiger partial charge in [0, 0.05) is 18.4 Å². The van der Waals surface area contributed by atoms with Gasteiger partial charge in [0.05, 0.1) is 10.8 Å². The maximum atomic E-state index is 12.5. The Kier molecular flexibility index (Phi) is 5.56. The second-order valence-electron chi connectivity index (χ2n) is 5.68. The van der Waals surface area contributed by atoms with Crippen LogP contribution in [-0.4, -0.2) is 18.7 Å². The number of hydrogen-bond acceptors (Lipinski definition) is 4. The molecule has 0 radical (unpaired) electrons.